The van der Waals surface area contributed by atoms with Crippen LogP contribution in [0.25, 0.3) is 0 Å². The Morgan fingerprint density at radius 3 is 3.08 bits per heavy atom. The summed E-state index contributed by atoms with van der Waals surface area (Å²) in [5, 5.41) is 0. The van der Waals surface area contributed by atoms with Gasteiger partial charge in [-0.25, -0.2) is 4.98 Å². The number of hydrogen-bond acceptors (Lipinski definition) is 4. The van der Waals surface area contributed by atoms with Crippen LogP contribution < -0.4 is 4.74 Å². The number of aromatic nitrogens is 2. The lowest BCUT2D eigenvalue weighted by molar-refractivity contribution is 0.259. The van der Waals surface area contributed by atoms with E-state index in [1.54, 1.807) is 24.9 Å². The Bertz CT molecular complexity index is 345. The van der Waals surface area contributed by atoms with Crippen molar-refractivity contribution in [1.29, 1.82) is 0 Å². The van der Waals surface area contributed by atoms with Gasteiger partial charge in [-0.1, -0.05) is 0 Å². The monoisotopic (exact) mass is 176 g/mol. The van der Waals surface area contributed by atoms with E-state index in [4.69, 9.17) is 9.15 Å². The summed E-state index contributed by atoms with van der Waals surface area (Å²) < 4.78 is 10.4. The van der Waals surface area contributed by atoms with Crippen molar-refractivity contribution >= 4 is 0 Å². The third-order valence-corrected chi connectivity index (χ3v) is 1.48. The Balaban J connectivity index is 1.94. The maximum absolute atomic E-state index is 5.28. The smallest absolute Gasteiger partial charge is 0.232 e. The van der Waals surface area contributed by atoms with Crippen molar-refractivity contribution in [2.75, 3.05) is 0 Å². The lowest BCUT2D eigenvalue weighted by Gasteiger charge is -2.00. The highest BCUT2D eigenvalue weighted by Gasteiger charge is 1.97. The van der Waals surface area contributed by atoms with E-state index in [2.05, 4.69) is 9.97 Å². The molecular weight excluding hydrogens is 168 g/mol. The van der Waals surface area contributed by atoms with Crippen molar-refractivity contribution in [3.63, 3.8) is 0 Å². The van der Waals surface area contributed by atoms with E-state index in [0.717, 1.165) is 5.76 Å². The molecule has 0 aliphatic heterocycles. The van der Waals surface area contributed by atoms with Crippen LogP contribution in [0.5, 0.6) is 5.88 Å². The number of hydrogen-bond donors (Lipinski definition) is 0. The first kappa shape index (κ1) is 7.79. The van der Waals surface area contributed by atoms with Crippen molar-refractivity contribution < 1.29 is 9.15 Å². The van der Waals surface area contributed by atoms with Crippen LogP contribution in [0.4, 0.5) is 0 Å². The summed E-state index contributed by atoms with van der Waals surface area (Å²) in [6, 6.07) is 3.66. The first-order valence-electron chi connectivity index (χ1n) is 3.86. The van der Waals surface area contributed by atoms with Gasteiger partial charge in [0.15, 0.2) is 0 Å². The van der Waals surface area contributed by atoms with Crippen LogP contribution in [0.15, 0.2) is 41.4 Å². The van der Waals surface area contributed by atoms with Crippen molar-refractivity contribution in [3.05, 3.63) is 42.7 Å². The summed E-state index contributed by atoms with van der Waals surface area (Å²) in [6.07, 6.45) is 6.34. The molecule has 4 heteroatoms. The summed E-state index contributed by atoms with van der Waals surface area (Å²) in [5.41, 5.74) is 0. The van der Waals surface area contributed by atoms with Gasteiger partial charge in [0.05, 0.1) is 12.5 Å². The predicted molar refractivity (Wildman–Crippen MR) is 45.1 cm³/mol. The standard InChI is InChI=1S/C9H8N2O2/c1-2-8(12-5-1)7-13-9-6-10-3-4-11-9/h1-6H,7H2. The minimum Gasteiger partial charge on any atom is -0.468 e. The fourth-order valence-electron chi connectivity index (χ4n) is 0.900. The lowest BCUT2D eigenvalue weighted by atomic mass is 10.5. The molecule has 0 N–H and O–H groups in total. The lowest BCUT2D eigenvalue weighted by Crippen LogP contribution is -1.95. The van der Waals surface area contributed by atoms with E-state index in [1.165, 1.54) is 0 Å². The Kier molecular flexibility index (Phi) is 2.22. The van der Waals surface area contributed by atoms with Crippen LogP contribution in [-0.2, 0) is 6.61 Å². The topological polar surface area (TPSA) is 48.2 Å². The van der Waals surface area contributed by atoms with Gasteiger partial charge in [0.2, 0.25) is 5.88 Å². The summed E-state index contributed by atoms with van der Waals surface area (Å²) in [4.78, 5) is 7.82. The summed E-state index contributed by atoms with van der Waals surface area (Å²) in [7, 11) is 0. The Morgan fingerprint density at radius 1 is 1.38 bits per heavy atom. The SMILES string of the molecule is c1coc(COc2cnccn2)c1. The Labute approximate surface area is 75.2 Å². The second-order valence-corrected chi connectivity index (χ2v) is 2.41. The number of nitrogens with zero attached hydrogens (tertiary/aromatic N) is 2. The van der Waals surface area contributed by atoms with Gasteiger partial charge in [-0.2, -0.15) is 0 Å². The van der Waals surface area contributed by atoms with Crippen molar-refractivity contribution in [2.24, 2.45) is 0 Å². The van der Waals surface area contributed by atoms with Crippen LogP contribution in [0.2, 0.25) is 0 Å². The van der Waals surface area contributed by atoms with Crippen LogP contribution >= 0.6 is 0 Å². The molecule has 0 fully saturated rings. The minimum atomic E-state index is 0.381. The third kappa shape index (κ3) is 2.05. The van der Waals surface area contributed by atoms with Gasteiger partial charge in [0, 0.05) is 12.4 Å². The molecule has 0 saturated heterocycles. The maximum Gasteiger partial charge on any atom is 0.232 e. The van der Waals surface area contributed by atoms with Gasteiger partial charge in [-0.15, -0.1) is 0 Å². The summed E-state index contributed by atoms with van der Waals surface area (Å²) in [5.74, 6) is 1.27. The molecule has 0 bridgehead atoms. The fraction of sp³-hybridized carbons (Fsp3) is 0.111. The average Bonchev–Trinajstić information content (AvgIpc) is 2.69. The molecule has 0 aliphatic rings. The van der Waals surface area contributed by atoms with Gasteiger partial charge >= 0.3 is 0 Å². The highest BCUT2D eigenvalue weighted by molar-refractivity contribution is 5.03. The van der Waals surface area contributed by atoms with E-state index in [0.29, 0.717) is 12.5 Å². The molecule has 0 aliphatic carbocycles. The first-order chi connectivity index (χ1) is 6.45. The zero-order chi connectivity index (χ0) is 8.93. The van der Waals surface area contributed by atoms with Gasteiger partial charge < -0.3 is 9.15 Å². The zero-order valence-corrected chi connectivity index (χ0v) is 6.88. The molecule has 0 unspecified atom stereocenters. The van der Waals surface area contributed by atoms with E-state index in [9.17, 15) is 0 Å². The molecule has 2 aromatic rings. The molecule has 0 atom stereocenters. The predicted octanol–water partition coefficient (Wildman–Crippen LogP) is 1.65. The van der Waals surface area contributed by atoms with Crippen molar-refractivity contribution in [3.8, 4) is 5.88 Å². The molecular formula is C9H8N2O2. The van der Waals surface area contributed by atoms with Gasteiger partial charge in [-0.3, -0.25) is 4.98 Å². The van der Waals surface area contributed by atoms with Crippen LogP contribution in [0.3, 0.4) is 0 Å². The van der Waals surface area contributed by atoms with E-state index in [-0.39, 0.29) is 0 Å². The largest absolute Gasteiger partial charge is 0.468 e. The van der Waals surface area contributed by atoms with Crippen LogP contribution in [-0.4, -0.2) is 9.97 Å². The first-order valence-corrected chi connectivity index (χ1v) is 3.86. The van der Waals surface area contributed by atoms with Gasteiger partial charge in [0.1, 0.15) is 12.4 Å². The molecule has 66 valence electrons. The normalized spacial score (nSPS) is 9.85. The highest BCUT2D eigenvalue weighted by Crippen LogP contribution is 2.06. The number of furan rings is 1. The van der Waals surface area contributed by atoms with Crippen molar-refractivity contribution in [1.82, 2.24) is 9.97 Å². The van der Waals surface area contributed by atoms with E-state index in [1.807, 2.05) is 12.1 Å². The average molecular weight is 176 g/mol. The van der Waals surface area contributed by atoms with Crippen molar-refractivity contribution in [2.45, 2.75) is 6.61 Å². The molecule has 4 nitrogen and oxygen atoms in total. The Hall–Kier alpha value is -1.84. The van der Waals surface area contributed by atoms with Gasteiger partial charge in [-0.05, 0) is 12.1 Å². The van der Waals surface area contributed by atoms with E-state index >= 15 is 0 Å². The molecule has 0 aromatic carbocycles. The highest BCUT2D eigenvalue weighted by atomic mass is 16.5. The van der Waals surface area contributed by atoms with E-state index < -0.39 is 0 Å². The molecule has 2 rings (SSSR count). The molecule has 0 amide bonds. The minimum absolute atomic E-state index is 0.381. The quantitative estimate of drug-likeness (QED) is 0.713. The molecule has 2 aromatic heterocycles. The molecule has 0 radical (unpaired) electrons. The number of ether oxygens (including phenoxy) is 1. The molecule has 13 heavy (non-hydrogen) atoms. The Morgan fingerprint density at radius 2 is 2.38 bits per heavy atom. The van der Waals surface area contributed by atoms with Crippen LogP contribution in [0, 0.1) is 0 Å². The molecule has 0 spiro atoms. The second kappa shape index (κ2) is 3.71. The summed E-state index contributed by atoms with van der Waals surface area (Å²) >= 11 is 0. The van der Waals surface area contributed by atoms with Gasteiger partial charge in [0.25, 0.3) is 0 Å². The zero-order valence-electron chi connectivity index (χ0n) is 6.88. The number of rotatable bonds is 3. The molecule has 0 saturated carbocycles. The summed E-state index contributed by atoms with van der Waals surface area (Å²) in [6.45, 7) is 0.381. The fourth-order valence-corrected chi connectivity index (χ4v) is 0.900. The maximum atomic E-state index is 5.28. The third-order valence-electron chi connectivity index (χ3n) is 1.48. The van der Waals surface area contributed by atoms with Crippen LogP contribution in [0.1, 0.15) is 5.76 Å². The second-order valence-electron chi connectivity index (χ2n) is 2.41. The molecule has 2 heterocycles.